The van der Waals surface area contributed by atoms with Crippen molar-refractivity contribution < 1.29 is 9.84 Å². The largest absolute Gasteiger partial charge is 0.394 e. The van der Waals surface area contributed by atoms with E-state index in [2.05, 4.69) is 4.90 Å². The molecule has 1 saturated heterocycles. The fraction of sp³-hybridized carbons (Fsp3) is 0.462. The first-order valence-electron chi connectivity index (χ1n) is 6.16. The van der Waals surface area contributed by atoms with Gasteiger partial charge in [-0.2, -0.15) is 0 Å². The van der Waals surface area contributed by atoms with Gasteiger partial charge in [0.25, 0.3) is 0 Å². The number of amidine groups is 1. The van der Waals surface area contributed by atoms with Crippen LogP contribution in [-0.4, -0.2) is 42.8 Å². The second-order valence-electron chi connectivity index (χ2n) is 4.73. The van der Waals surface area contributed by atoms with Crippen molar-refractivity contribution in [3.8, 4) is 0 Å². The lowest BCUT2D eigenvalue weighted by atomic mass is 10.1. The van der Waals surface area contributed by atoms with Gasteiger partial charge < -0.3 is 20.5 Å². The van der Waals surface area contributed by atoms with Gasteiger partial charge in [0.15, 0.2) is 0 Å². The molecule has 0 saturated carbocycles. The number of benzene rings is 1. The fourth-order valence-corrected chi connectivity index (χ4v) is 2.50. The van der Waals surface area contributed by atoms with Crippen LogP contribution in [-0.2, 0) is 4.74 Å². The quantitative estimate of drug-likeness (QED) is 0.575. The van der Waals surface area contributed by atoms with Crippen LogP contribution in [0.15, 0.2) is 18.2 Å². The molecule has 1 aliphatic rings. The van der Waals surface area contributed by atoms with Gasteiger partial charge in [-0.3, -0.25) is 5.41 Å². The molecule has 1 heterocycles. The highest BCUT2D eigenvalue weighted by Crippen LogP contribution is 2.27. The van der Waals surface area contributed by atoms with Crippen molar-refractivity contribution in [3.63, 3.8) is 0 Å². The van der Waals surface area contributed by atoms with Gasteiger partial charge in [-0.05, 0) is 25.1 Å². The van der Waals surface area contributed by atoms with Crippen molar-refractivity contribution in [2.75, 3.05) is 24.6 Å². The Morgan fingerprint density at radius 2 is 2.32 bits per heavy atom. The van der Waals surface area contributed by atoms with Gasteiger partial charge in [0, 0.05) is 29.4 Å². The first-order chi connectivity index (χ1) is 9.01. The van der Waals surface area contributed by atoms with Crippen LogP contribution in [0.2, 0.25) is 5.02 Å². The highest BCUT2D eigenvalue weighted by Gasteiger charge is 2.26. The van der Waals surface area contributed by atoms with Gasteiger partial charge >= 0.3 is 0 Å². The Bertz CT molecular complexity index is 481. The maximum absolute atomic E-state index is 9.26. The number of hydrogen-bond acceptors (Lipinski definition) is 4. The Balaban J connectivity index is 2.34. The van der Waals surface area contributed by atoms with Gasteiger partial charge in [-0.15, -0.1) is 0 Å². The Morgan fingerprint density at radius 3 is 2.95 bits per heavy atom. The molecule has 1 aromatic carbocycles. The van der Waals surface area contributed by atoms with E-state index in [1.54, 1.807) is 18.2 Å². The van der Waals surface area contributed by atoms with Gasteiger partial charge in [0.2, 0.25) is 0 Å². The third-order valence-corrected chi connectivity index (χ3v) is 3.36. The Kier molecular flexibility index (Phi) is 4.29. The second kappa shape index (κ2) is 5.77. The summed E-state index contributed by atoms with van der Waals surface area (Å²) in [6, 6.07) is 5.26. The highest BCUT2D eigenvalue weighted by molar-refractivity contribution is 6.31. The summed E-state index contributed by atoms with van der Waals surface area (Å²) in [5.41, 5.74) is 7.07. The maximum atomic E-state index is 9.26. The van der Waals surface area contributed by atoms with Crippen LogP contribution in [0.5, 0.6) is 0 Å². The Labute approximate surface area is 117 Å². The molecule has 19 heavy (non-hydrogen) atoms. The van der Waals surface area contributed by atoms with Crippen molar-refractivity contribution in [1.29, 1.82) is 5.41 Å². The van der Waals surface area contributed by atoms with E-state index in [1.807, 2.05) is 6.92 Å². The van der Waals surface area contributed by atoms with E-state index < -0.39 is 0 Å². The summed E-state index contributed by atoms with van der Waals surface area (Å²) in [4.78, 5) is 2.05. The number of rotatable bonds is 3. The number of nitrogens with one attached hydrogen (secondary N) is 1. The van der Waals surface area contributed by atoms with Crippen LogP contribution in [0.1, 0.15) is 12.5 Å². The topological polar surface area (TPSA) is 82.6 Å². The molecule has 2 rings (SSSR count). The molecule has 104 valence electrons. The molecule has 1 aromatic rings. The zero-order valence-electron chi connectivity index (χ0n) is 10.8. The molecule has 0 aromatic heterocycles. The van der Waals surface area contributed by atoms with Gasteiger partial charge in [0.05, 0.1) is 18.8 Å². The summed E-state index contributed by atoms with van der Waals surface area (Å²) in [5.74, 6) is 0.00589. The Morgan fingerprint density at radius 1 is 1.58 bits per heavy atom. The second-order valence-corrected chi connectivity index (χ2v) is 5.17. The smallest absolute Gasteiger partial charge is 0.124 e. The minimum absolute atomic E-state index is 0.00434. The molecular formula is C13H18ClN3O2. The molecular weight excluding hydrogens is 266 g/mol. The van der Waals surface area contributed by atoms with Gasteiger partial charge in [-0.25, -0.2) is 0 Å². The summed E-state index contributed by atoms with van der Waals surface area (Å²) >= 11 is 6.03. The predicted octanol–water partition coefficient (Wildman–Crippen LogP) is 1.21. The average molecular weight is 284 g/mol. The van der Waals surface area contributed by atoms with E-state index in [4.69, 9.17) is 27.5 Å². The van der Waals surface area contributed by atoms with E-state index in [0.717, 1.165) is 5.69 Å². The molecule has 0 aliphatic carbocycles. The van der Waals surface area contributed by atoms with Crippen LogP contribution < -0.4 is 10.6 Å². The van der Waals surface area contributed by atoms with Crippen molar-refractivity contribution >= 4 is 23.1 Å². The molecule has 2 unspecified atom stereocenters. The maximum Gasteiger partial charge on any atom is 0.124 e. The summed E-state index contributed by atoms with van der Waals surface area (Å²) in [7, 11) is 0. The molecule has 0 spiro atoms. The lowest BCUT2D eigenvalue weighted by Gasteiger charge is -2.38. The molecule has 5 nitrogen and oxygen atoms in total. The summed E-state index contributed by atoms with van der Waals surface area (Å²) in [6.45, 7) is 3.15. The minimum Gasteiger partial charge on any atom is -0.394 e. The van der Waals surface area contributed by atoms with Crippen LogP contribution >= 0.6 is 11.6 Å². The molecule has 0 radical (unpaired) electrons. The monoisotopic (exact) mass is 283 g/mol. The highest BCUT2D eigenvalue weighted by atomic mass is 35.5. The summed E-state index contributed by atoms with van der Waals surface area (Å²) in [5, 5.41) is 17.5. The van der Waals surface area contributed by atoms with Crippen molar-refractivity contribution in [2.45, 2.75) is 19.1 Å². The standard InChI is InChI=1S/C13H18ClN3O2/c1-8-5-17(6-10(7-18)19-8)12-4-9(14)2-3-11(12)13(15)16/h2-4,8,10,18H,5-7H2,1H3,(H3,15,16). The normalized spacial score (nSPS) is 23.4. The van der Waals surface area contributed by atoms with Crippen LogP contribution in [0.4, 0.5) is 5.69 Å². The van der Waals surface area contributed by atoms with E-state index in [-0.39, 0.29) is 24.7 Å². The number of nitrogen functional groups attached to an aromatic ring is 1. The number of morpholine rings is 1. The number of ether oxygens (including phenoxy) is 1. The molecule has 0 bridgehead atoms. The van der Waals surface area contributed by atoms with E-state index in [9.17, 15) is 5.11 Å². The number of aliphatic hydroxyl groups excluding tert-OH is 1. The molecule has 1 fully saturated rings. The van der Waals surface area contributed by atoms with E-state index in [0.29, 0.717) is 23.7 Å². The van der Waals surface area contributed by atoms with Gasteiger partial charge in [0.1, 0.15) is 5.84 Å². The number of nitrogens with two attached hydrogens (primary N) is 1. The Hall–Kier alpha value is -1.30. The molecule has 2 atom stereocenters. The SMILES string of the molecule is CC1CN(c2cc(Cl)ccc2C(=N)N)CC(CO)O1. The van der Waals surface area contributed by atoms with Gasteiger partial charge in [-0.1, -0.05) is 11.6 Å². The van der Waals surface area contributed by atoms with Crippen molar-refractivity contribution in [2.24, 2.45) is 5.73 Å². The third-order valence-electron chi connectivity index (χ3n) is 3.12. The number of halogens is 1. The number of aliphatic hydroxyl groups is 1. The van der Waals surface area contributed by atoms with Crippen LogP contribution in [0, 0.1) is 5.41 Å². The van der Waals surface area contributed by atoms with Crippen molar-refractivity contribution in [1.82, 2.24) is 0 Å². The molecule has 6 heteroatoms. The predicted molar refractivity (Wildman–Crippen MR) is 76.1 cm³/mol. The lowest BCUT2D eigenvalue weighted by Crippen LogP contribution is -2.48. The first kappa shape index (κ1) is 14.1. The number of anilines is 1. The van der Waals surface area contributed by atoms with Crippen LogP contribution in [0.25, 0.3) is 0 Å². The zero-order valence-corrected chi connectivity index (χ0v) is 11.5. The lowest BCUT2D eigenvalue weighted by molar-refractivity contribution is -0.0421. The fourth-order valence-electron chi connectivity index (χ4n) is 2.34. The van der Waals surface area contributed by atoms with Crippen LogP contribution in [0.3, 0.4) is 0 Å². The molecule has 1 aliphatic heterocycles. The van der Waals surface area contributed by atoms with E-state index >= 15 is 0 Å². The number of hydrogen-bond donors (Lipinski definition) is 3. The summed E-state index contributed by atoms with van der Waals surface area (Å²) in [6.07, 6.45) is -0.229. The number of nitrogens with zero attached hydrogens (tertiary/aromatic N) is 1. The third kappa shape index (κ3) is 3.18. The van der Waals surface area contributed by atoms with Crippen molar-refractivity contribution in [3.05, 3.63) is 28.8 Å². The molecule has 4 N–H and O–H groups in total. The first-order valence-corrected chi connectivity index (χ1v) is 6.54. The van der Waals surface area contributed by atoms with E-state index in [1.165, 1.54) is 0 Å². The molecule has 0 amide bonds. The summed E-state index contributed by atoms with van der Waals surface area (Å²) < 4.78 is 5.61. The zero-order chi connectivity index (χ0) is 14.0. The minimum atomic E-state index is -0.234. The average Bonchev–Trinajstić information content (AvgIpc) is 2.37.